The van der Waals surface area contributed by atoms with E-state index < -0.39 is 30.3 Å². The largest absolute Gasteiger partial charge is 0.459 e. The molecular weight excluding hydrogens is 503 g/mol. The Morgan fingerprint density at radius 3 is 2.24 bits per heavy atom. The summed E-state index contributed by atoms with van der Waals surface area (Å²) in [7, 11) is -1.83. The molecule has 3 atom stereocenters. The van der Waals surface area contributed by atoms with Gasteiger partial charge in [-0.15, -0.1) is 0 Å². The average molecular weight is 535 g/mol. The second-order valence-corrected chi connectivity index (χ2v) is 10.8. The molecule has 3 rings (SSSR count). The van der Waals surface area contributed by atoms with Crippen molar-refractivity contribution in [1.29, 1.82) is 0 Å². The van der Waals surface area contributed by atoms with Gasteiger partial charge in [0.2, 0.25) is 11.7 Å². The minimum atomic E-state index is -4.11. The minimum absolute atomic E-state index is 0.106. The first-order chi connectivity index (χ1) is 17.8. The minimum Gasteiger partial charge on any atom is -0.459 e. The lowest BCUT2D eigenvalue weighted by Crippen LogP contribution is -2.66. The van der Waals surface area contributed by atoms with Gasteiger partial charge in [0.05, 0.1) is 17.4 Å². The molecule has 1 aliphatic rings. The smallest absolute Gasteiger partial charge is 0.364 e. The van der Waals surface area contributed by atoms with Crippen molar-refractivity contribution in [1.82, 2.24) is 4.90 Å². The van der Waals surface area contributed by atoms with Crippen molar-refractivity contribution in [3.8, 4) is 0 Å². The number of nitro groups is 1. The van der Waals surface area contributed by atoms with Gasteiger partial charge >= 0.3 is 13.6 Å². The monoisotopic (exact) mass is 534 g/mol. The highest BCUT2D eigenvalue weighted by Crippen LogP contribution is 2.56. The van der Waals surface area contributed by atoms with Crippen molar-refractivity contribution in [2.45, 2.75) is 44.8 Å². The SMILES string of the molecule is CC[C@H]1C(=O)N(C(C(=O)OCc2ccc([N+](=O)[O-])cc2)P(=O)(OC)OC)[C@@H]1CCOCc1ccccc1. The standard InChI is InChI=1S/C25H31N2O9P/c1-4-21-22(14-15-35-16-18-8-6-5-7-9-18)26(23(21)28)24(37(32,33-2)34-3)25(29)36-17-19-10-12-20(13-11-19)27(30)31/h5-13,21-22,24H,4,14-17H2,1-3H3/t21-,22-,24?/m1/s1. The molecule has 2 aromatic carbocycles. The third-order valence-corrected chi connectivity index (χ3v) is 8.39. The molecule has 0 saturated carbocycles. The highest BCUT2D eigenvalue weighted by Gasteiger charge is 2.58. The molecule has 1 heterocycles. The van der Waals surface area contributed by atoms with Crippen molar-refractivity contribution < 1.29 is 37.6 Å². The zero-order chi connectivity index (χ0) is 27.0. The number of hydrogen-bond acceptors (Lipinski definition) is 9. The Labute approximate surface area is 215 Å². The van der Waals surface area contributed by atoms with Gasteiger partial charge in [0, 0.05) is 39.0 Å². The van der Waals surface area contributed by atoms with Crippen LogP contribution in [0.4, 0.5) is 5.69 Å². The fraction of sp³-hybridized carbons (Fsp3) is 0.440. The summed E-state index contributed by atoms with van der Waals surface area (Å²) < 4.78 is 34.8. The van der Waals surface area contributed by atoms with E-state index in [9.17, 15) is 24.3 Å². The van der Waals surface area contributed by atoms with E-state index in [1.54, 1.807) is 0 Å². The predicted octanol–water partition coefficient (Wildman–Crippen LogP) is 4.29. The molecule has 0 N–H and O–H groups in total. The van der Waals surface area contributed by atoms with E-state index in [1.807, 2.05) is 37.3 Å². The first kappa shape index (κ1) is 28.5. The van der Waals surface area contributed by atoms with Crippen molar-refractivity contribution in [3.05, 3.63) is 75.8 Å². The predicted molar refractivity (Wildman–Crippen MR) is 133 cm³/mol. The number of nitro benzene ring substituents is 1. The molecule has 1 unspecified atom stereocenters. The van der Waals surface area contributed by atoms with Gasteiger partial charge < -0.3 is 23.4 Å². The summed E-state index contributed by atoms with van der Waals surface area (Å²) in [5, 5.41) is 10.9. The van der Waals surface area contributed by atoms with Crippen LogP contribution in [0.2, 0.25) is 0 Å². The van der Waals surface area contributed by atoms with Gasteiger partial charge in [-0.1, -0.05) is 37.3 Å². The van der Waals surface area contributed by atoms with Crippen LogP contribution < -0.4 is 0 Å². The Kier molecular flexibility index (Phi) is 9.93. The number of esters is 1. The van der Waals surface area contributed by atoms with Gasteiger partial charge in [-0.05, 0) is 36.1 Å². The quantitative estimate of drug-likeness (QED) is 0.0868. The fourth-order valence-corrected chi connectivity index (χ4v) is 5.77. The van der Waals surface area contributed by atoms with E-state index in [0.717, 1.165) is 19.8 Å². The summed E-state index contributed by atoms with van der Waals surface area (Å²) in [6, 6.07) is 14.7. The van der Waals surface area contributed by atoms with Crippen molar-refractivity contribution in [3.63, 3.8) is 0 Å². The highest BCUT2D eigenvalue weighted by atomic mass is 31.2. The molecule has 200 valence electrons. The normalized spacial score (nSPS) is 18.2. The van der Waals surface area contributed by atoms with Crippen LogP contribution in [0.3, 0.4) is 0 Å². The van der Waals surface area contributed by atoms with E-state index in [1.165, 1.54) is 29.2 Å². The second-order valence-electron chi connectivity index (χ2n) is 8.46. The summed E-state index contributed by atoms with van der Waals surface area (Å²) in [6.07, 6.45) is 0.949. The molecule has 2 aromatic rings. The fourth-order valence-electron chi connectivity index (χ4n) is 4.30. The maximum absolute atomic E-state index is 13.4. The molecule has 0 radical (unpaired) electrons. The third kappa shape index (κ3) is 6.61. The molecule has 11 nitrogen and oxygen atoms in total. The number of hydrogen-bond donors (Lipinski definition) is 0. The van der Waals surface area contributed by atoms with Gasteiger partial charge in [-0.3, -0.25) is 19.5 Å². The van der Waals surface area contributed by atoms with Crippen LogP contribution in [0.5, 0.6) is 0 Å². The summed E-state index contributed by atoms with van der Waals surface area (Å²) in [6.45, 7) is 2.33. The van der Waals surface area contributed by atoms with Crippen LogP contribution in [-0.4, -0.2) is 54.4 Å². The average Bonchev–Trinajstić information content (AvgIpc) is 2.92. The molecule has 0 bridgehead atoms. The summed E-state index contributed by atoms with van der Waals surface area (Å²) >= 11 is 0. The van der Waals surface area contributed by atoms with Gasteiger partial charge in [0.1, 0.15) is 6.61 Å². The number of carbonyl (C=O) groups is 2. The lowest BCUT2D eigenvalue weighted by molar-refractivity contribution is -0.384. The Morgan fingerprint density at radius 2 is 1.68 bits per heavy atom. The van der Waals surface area contributed by atoms with Crippen LogP contribution in [0.1, 0.15) is 30.9 Å². The Morgan fingerprint density at radius 1 is 1.05 bits per heavy atom. The van der Waals surface area contributed by atoms with E-state index in [0.29, 0.717) is 31.6 Å². The number of rotatable bonds is 14. The number of nitrogens with zero attached hydrogens (tertiary/aromatic N) is 2. The second kappa shape index (κ2) is 12.9. The molecule has 1 aliphatic heterocycles. The Hall–Kier alpha value is -3.11. The summed E-state index contributed by atoms with van der Waals surface area (Å²) in [5.41, 5.74) is 1.38. The Balaban J connectivity index is 1.73. The van der Waals surface area contributed by atoms with Gasteiger partial charge in [0.25, 0.3) is 5.69 Å². The highest BCUT2D eigenvalue weighted by molar-refractivity contribution is 7.55. The van der Waals surface area contributed by atoms with Gasteiger partial charge in [-0.2, -0.15) is 0 Å². The van der Waals surface area contributed by atoms with Crippen LogP contribution in [0.15, 0.2) is 54.6 Å². The van der Waals surface area contributed by atoms with E-state index in [2.05, 4.69) is 0 Å². The Bertz CT molecular complexity index is 1120. The molecule has 1 amide bonds. The number of amides is 1. The summed E-state index contributed by atoms with van der Waals surface area (Å²) in [5.74, 6) is -3.27. The molecule has 12 heteroatoms. The number of benzene rings is 2. The zero-order valence-corrected chi connectivity index (χ0v) is 21.9. The lowest BCUT2D eigenvalue weighted by Gasteiger charge is -2.50. The number of likely N-dealkylation sites (tertiary alicyclic amines) is 1. The topological polar surface area (TPSA) is 135 Å². The molecule has 37 heavy (non-hydrogen) atoms. The maximum Gasteiger partial charge on any atom is 0.364 e. The van der Waals surface area contributed by atoms with Crippen molar-refractivity contribution in [2.24, 2.45) is 5.92 Å². The maximum atomic E-state index is 13.4. The molecular formula is C25H31N2O9P. The van der Waals surface area contributed by atoms with E-state index in [-0.39, 0.29) is 24.1 Å². The first-order valence-corrected chi connectivity index (χ1v) is 13.4. The lowest BCUT2D eigenvalue weighted by atomic mass is 9.83. The van der Waals surface area contributed by atoms with Crippen LogP contribution in [0, 0.1) is 16.0 Å². The first-order valence-electron chi connectivity index (χ1n) is 11.8. The van der Waals surface area contributed by atoms with Crippen LogP contribution >= 0.6 is 7.60 Å². The molecule has 1 fully saturated rings. The molecule has 0 aromatic heterocycles. The van der Waals surface area contributed by atoms with Crippen molar-refractivity contribution >= 4 is 25.2 Å². The number of β-lactam (4-membered cyclic amide) rings is 1. The zero-order valence-electron chi connectivity index (χ0n) is 21.0. The van der Waals surface area contributed by atoms with Crippen LogP contribution in [0.25, 0.3) is 0 Å². The van der Waals surface area contributed by atoms with Crippen LogP contribution in [-0.2, 0) is 45.9 Å². The summed E-state index contributed by atoms with van der Waals surface area (Å²) in [4.78, 5) is 37.8. The van der Waals surface area contributed by atoms with E-state index in [4.69, 9.17) is 18.5 Å². The number of ether oxygens (including phenoxy) is 2. The van der Waals surface area contributed by atoms with Crippen molar-refractivity contribution in [2.75, 3.05) is 20.8 Å². The number of non-ortho nitro benzene ring substituents is 1. The molecule has 1 saturated heterocycles. The third-order valence-electron chi connectivity index (χ3n) is 6.31. The number of carbonyl (C=O) groups excluding carboxylic acids is 2. The molecule has 0 aliphatic carbocycles. The van der Waals surface area contributed by atoms with E-state index >= 15 is 0 Å². The van der Waals surface area contributed by atoms with Gasteiger partial charge in [0.15, 0.2) is 0 Å². The van der Waals surface area contributed by atoms with Gasteiger partial charge in [-0.25, -0.2) is 4.79 Å². The molecule has 0 spiro atoms.